The third-order valence-electron chi connectivity index (χ3n) is 5.95. The molecule has 3 aromatic rings. The van der Waals surface area contributed by atoms with Crippen molar-refractivity contribution in [2.75, 3.05) is 31.5 Å². The fourth-order valence-corrected chi connectivity index (χ4v) is 4.03. The number of amides is 2. The van der Waals surface area contributed by atoms with E-state index in [2.05, 4.69) is 29.3 Å². The van der Waals surface area contributed by atoms with E-state index < -0.39 is 0 Å². The summed E-state index contributed by atoms with van der Waals surface area (Å²) in [7, 11) is 0. The number of anilines is 1. The Bertz CT molecular complexity index is 1070. The predicted molar refractivity (Wildman–Crippen MR) is 128 cm³/mol. The van der Waals surface area contributed by atoms with Crippen LogP contribution in [0.5, 0.6) is 0 Å². The van der Waals surface area contributed by atoms with E-state index in [9.17, 15) is 9.59 Å². The summed E-state index contributed by atoms with van der Waals surface area (Å²) >= 11 is 0. The van der Waals surface area contributed by atoms with E-state index in [0.29, 0.717) is 12.0 Å². The van der Waals surface area contributed by atoms with Crippen LogP contribution in [0.2, 0.25) is 0 Å². The lowest BCUT2D eigenvalue weighted by Crippen LogP contribution is -2.48. The van der Waals surface area contributed by atoms with Gasteiger partial charge in [-0.05, 0) is 47.9 Å². The topological polar surface area (TPSA) is 52.7 Å². The fraction of sp³-hybridized carbons (Fsp3) is 0.259. The van der Waals surface area contributed by atoms with E-state index in [1.165, 1.54) is 0 Å². The minimum atomic E-state index is -0.107. The third-order valence-corrected chi connectivity index (χ3v) is 5.95. The predicted octanol–water partition coefficient (Wildman–Crippen LogP) is 4.13. The Balaban J connectivity index is 1.29. The van der Waals surface area contributed by atoms with Gasteiger partial charge in [-0.3, -0.25) is 14.5 Å². The molecule has 0 bridgehead atoms. The molecule has 32 heavy (non-hydrogen) atoms. The quantitative estimate of drug-likeness (QED) is 0.643. The molecule has 4 rings (SSSR count). The number of nitrogens with one attached hydrogen (secondary N) is 1. The molecule has 2 amide bonds. The van der Waals surface area contributed by atoms with Crippen LogP contribution in [0.25, 0.3) is 0 Å². The molecule has 0 aromatic heterocycles. The highest BCUT2D eigenvalue weighted by Gasteiger charge is 2.21. The fourth-order valence-electron chi connectivity index (χ4n) is 4.03. The number of hydrogen-bond donors (Lipinski definition) is 1. The number of piperazine rings is 1. The highest BCUT2D eigenvalue weighted by molar-refractivity contribution is 6.04. The highest BCUT2D eigenvalue weighted by Crippen LogP contribution is 2.15. The number of carbonyl (C=O) groups excluding carboxylic acids is 2. The zero-order valence-electron chi connectivity index (χ0n) is 18.5. The molecular weight excluding hydrogens is 398 g/mol. The van der Waals surface area contributed by atoms with Gasteiger partial charge in [0.15, 0.2) is 0 Å². The van der Waals surface area contributed by atoms with Crippen molar-refractivity contribution < 1.29 is 9.59 Å². The molecule has 1 heterocycles. The van der Waals surface area contributed by atoms with Crippen molar-refractivity contribution in [2.45, 2.75) is 19.9 Å². The molecule has 5 nitrogen and oxygen atoms in total. The number of nitrogens with zero attached hydrogens (tertiary/aromatic N) is 2. The lowest BCUT2D eigenvalue weighted by Gasteiger charge is -2.35. The maximum Gasteiger partial charge on any atom is 0.255 e. The van der Waals surface area contributed by atoms with Crippen molar-refractivity contribution in [2.24, 2.45) is 0 Å². The van der Waals surface area contributed by atoms with Gasteiger partial charge in [-0.1, -0.05) is 54.6 Å². The van der Waals surface area contributed by atoms with Crippen LogP contribution < -0.4 is 5.32 Å². The van der Waals surface area contributed by atoms with E-state index in [4.69, 9.17) is 0 Å². The molecule has 164 valence electrons. The van der Waals surface area contributed by atoms with Gasteiger partial charge in [-0.15, -0.1) is 0 Å². The summed E-state index contributed by atoms with van der Waals surface area (Å²) in [5.74, 6) is 0.0863. The number of aryl methyl sites for hydroxylation is 1. The molecule has 5 heteroatoms. The number of benzene rings is 3. The number of para-hydroxylation sites is 1. The Labute approximate surface area is 189 Å². The second kappa shape index (κ2) is 10.2. The van der Waals surface area contributed by atoms with Gasteiger partial charge in [0.25, 0.3) is 5.91 Å². The minimum Gasteiger partial charge on any atom is -0.340 e. The molecule has 0 saturated carbocycles. The Morgan fingerprint density at radius 2 is 1.56 bits per heavy atom. The summed E-state index contributed by atoms with van der Waals surface area (Å²) < 4.78 is 0. The van der Waals surface area contributed by atoms with Gasteiger partial charge in [-0.25, -0.2) is 0 Å². The first-order chi connectivity index (χ1) is 15.6. The molecule has 1 fully saturated rings. The summed E-state index contributed by atoms with van der Waals surface area (Å²) in [6.45, 7) is 5.96. The number of hydrogen-bond acceptors (Lipinski definition) is 3. The van der Waals surface area contributed by atoms with Gasteiger partial charge < -0.3 is 10.2 Å². The first-order valence-corrected chi connectivity index (χ1v) is 11.1. The Morgan fingerprint density at radius 3 is 2.31 bits per heavy atom. The van der Waals surface area contributed by atoms with Gasteiger partial charge in [0, 0.05) is 44.0 Å². The smallest absolute Gasteiger partial charge is 0.255 e. The van der Waals surface area contributed by atoms with Crippen LogP contribution in [-0.2, 0) is 17.8 Å². The van der Waals surface area contributed by atoms with E-state index in [0.717, 1.165) is 55.1 Å². The van der Waals surface area contributed by atoms with E-state index in [-0.39, 0.29) is 11.8 Å². The van der Waals surface area contributed by atoms with Crippen LogP contribution in [0, 0.1) is 6.92 Å². The van der Waals surface area contributed by atoms with Crippen LogP contribution >= 0.6 is 0 Å². The van der Waals surface area contributed by atoms with Crippen LogP contribution in [0.1, 0.15) is 27.0 Å². The molecule has 1 saturated heterocycles. The molecule has 0 atom stereocenters. The van der Waals surface area contributed by atoms with Crippen molar-refractivity contribution in [3.63, 3.8) is 0 Å². The Morgan fingerprint density at radius 1 is 0.844 bits per heavy atom. The van der Waals surface area contributed by atoms with Crippen LogP contribution in [0.15, 0.2) is 78.9 Å². The van der Waals surface area contributed by atoms with Crippen LogP contribution in [0.4, 0.5) is 5.69 Å². The average Bonchev–Trinajstić information content (AvgIpc) is 2.82. The molecule has 0 radical (unpaired) electrons. The largest absolute Gasteiger partial charge is 0.340 e. The summed E-state index contributed by atoms with van der Waals surface area (Å²) in [5, 5.41) is 2.93. The van der Waals surface area contributed by atoms with Crippen molar-refractivity contribution in [3.05, 3.63) is 101 Å². The normalized spacial score (nSPS) is 14.2. The molecule has 0 unspecified atom stereocenters. The van der Waals surface area contributed by atoms with E-state index in [1.54, 1.807) is 0 Å². The van der Waals surface area contributed by atoms with E-state index >= 15 is 0 Å². The van der Waals surface area contributed by atoms with Gasteiger partial charge >= 0.3 is 0 Å². The molecule has 0 aliphatic carbocycles. The molecule has 3 aromatic carbocycles. The molecule has 1 aliphatic rings. The van der Waals surface area contributed by atoms with E-state index in [1.807, 2.05) is 71.6 Å². The lowest BCUT2D eigenvalue weighted by atomic mass is 10.0. The molecular formula is C27H29N3O2. The van der Waals surface area contributed by atoms with Crippen molar-refractivity contribution in [3.8, 4) is 0 Å². The minimum absolute atomic E-state index is 0.107. The first kappa shape index (κ1) is 21.8. The van der Waals surface area contributed by atoms with Gasteiger partial charge in [0.2, 0.25) is 5.91 Å². The van der Waals surface area contributed by atoms with Gasteiger partial charge in [-0.2, -0.15) is 0 Å². The third kappa shape index (κ3) is 5.62. The average molecular weight is 428 g/mol. The van der Waals surface area contributed by atoms with Crippen molar-refractivity contribution >= 4 is 17.5 Å². The molecule has 1 aliphatic heterocycles. The SMILES string of the molecule is Cc1ccccc1CC(=O)N1CCN(Cc2cccc(C(=O)Nc3ccccc3)c2)CC1. The lowest BCUT2D eigenvalue weighted by molar-refractivity contribution is -0.132. The zero-order chi connectivity index (χ0) is 22.3. The highest BCUT2D eigenvalue weighted by atomic mass is 16.2. The van der Waals surface area contributed by atoms with Crippen LogP contribution in [-0.4, -0.2) is 47.8 Å². The zero-order valence-corrected chi connectivity index (χ0v) is 18.5. The molecule has 0 spiro atoms. The second-order valence-corrected chi connectivity index (χ2v) is 8.28. The molecule has 1 N–H and O–H groups in total. The van der Waals surface area contributed by atoms with Gasteiger partial charge in [0.1, 0.15) is 0 Å². The Hall–Kier alpha value is -3.44. The number of rotatable bonds is 6. The number of carbonyl (C=O) groups is 2. The summed E-state index contributed by atoms with van der Waals surface area (Å²) in [6, 6.07) is 25.3. The summed E-state index contributed by atoms with van der Waals surface area (Å²) in [4.78, 5) is 29.6. The summed E-state index contributed by atoms with van der Waals surface area (Å²) in [5.41, 5.74) is 4.80. The second-order valence-electron chi connectivity index (χ2n) is 8.28. The maximum atomic E-state index is 12.7. The van der Waals surface area contributed by atoms with Crippen molar-refractivity contribution in [1.82, 2.24) is 9.80 Å². The van der Waals surface area contributed by atoms with Gasteiger partial charge in [0.05, 0.1) is 6.42 Å². The maximum absolute atomic E-state index is 12.7. The van der Waals surface area contributed by atoms with Crippen molar-refractivity contribution in [1.29, 1.82) is 0 Å². The first-order valence-electron chi connectivity index (χ1n) is 11.1. The van der Waals surface area contributed by atoms with Crippen LogP contribution in [0.3, 0.4) is 0 Å². The Kier molecular flexibility index (Phi) is 6.97. The standard InChI is InChI=1S/C27H29N3O2/c1-21-8-5-6-10-23(21)19-26(31)30-16-14-29(15-17-30)20-22-9-7-11-24(18-22)27(32)28-25-12-3-2-4-13-25/h2-13,18H,14-17,19-20H2,1H3,(H,28,32). The summed E-state index contributed by atoms with van der Waals surface area (Å²) in [6.07, 6.45) is 0.464. The monoisotopic (exact) mass is 427 g/mol.